The second-order valence-electron chi connectivity index (χ2n) is 3.34. The summed E-state index contributed by atoms with van der Waals surface area (Å²) in [6, 6.07) is 5.44. The van der Waals surface area contributed by atoms with E-state index in [4.69, 9.17) is 10.4 Å². The van der Waals surface area contributed by atoms with Gasteiger partial charge in [-0.25, -0.2) is 0 Å². The third-order valence-corrected chi connectivity index (χ3v) is 2.25. The standard InChI is InChI=1S/C9H10BNO3/c11-9(12)4-6-1-2-7-5-14-10(13)8(7)3-6/h1-3,13H,4-5H2,(H2,11,12). The first kappa shape index (κ1) is 9.24. The summed E-state index contributed by atoms with van der Waals surface area (Å²) in [6.07, 6.45) is 0.194. The molecular formula is C9H10BNO3. The first-order valence-electron chi connectivity index (χ1n) is 4.36. The van der Waals surface area contributed by atoms with Crippen LogP contribution >= 0.6 is 0 Å². The number of amides is 1. The molecule has 3 N–H and O–H groups in total. The number of rotatable bonds is 2. The highest BCUT2D eigenvalue weighted by Gasteiger charge is 2.27. The van der Waals surface area contributed by atoms with Crippen LogP contribution in [0.1, 0.15) is 11.1 Å². The minimum atomic E-state index is -0.863. The van der Waals surface area contributed by atoms with E-state index >= 15 is 0 Å². The van der Waals surface area contributed by atoms with Gasteiger partial charge in [0, 0.05) is 0 Å². The van der Waals surface area contributed by atoms with Crippen molar-refractivity contribution in [3.05, 3.63) is 29.3 Å². The van der Waals surface area contributed by atoms with E-state index in [2.05, 4.69) is 0 Å². The highest BCUT2D eigenvalue weighted by Crippen LogP contribution is 2.11. The lowest BCUT2D eigenvalue weighted by Gasteiger charge is -2.01. The van der Waals surface area contributed by atoms with Gasteiger partial charge in [0.25, 0.3) is 0 Å². The summed E-state index contributed by atoms with van der Waals surface area (Å²) >= 11 is 0. The zero-order chi connectivity index (χ0) is 10.1. The summed E-state index contributed by atoms with van der Waals surface area (Å²) in [4.78, 5) is 10.7. The van der Waals surface area contributed by atoms with Gasteiger partial charge in [0.05, 0.1) is 13.0 Å². The molecule has 0 fully saturated rings. The monoisotopic (exact) mass is 191 g/mol. The molecule has 5 heteroatoms. The van der Waals surface area contributed by atoms with Crippen LogP contribution in [0.3, 0.4) is 0 Å². The number of hydrogen-bond donors (Lipinski definition) is 2. The quantitative estimate of drug-likeness (QED) is 0.584. The van der Waals surface area contributed by atoms with E-state index in [1.165, 1.54) is 0 Å². The van der Waals surface area contributed by atoms with Gasteiger partial charge in [-0.15, -0.1) is 0 Å². The largest absolute Gasteiger partial charge is 0.491 e. The number of nitrogens with two attached hydrogens (primary N) is 1. The van der Waals surface area contributed by atoms with Crippen molar-refractivity contribution < 1.29 is 14.5 Å². The zero-order valence-electron chi connectivity index (χ0n) is 7.56. The van der Waals surface area contributed by atoms with E-state index in [1.54, 1.807) is 6.07 Å². The van der Waals surface area contributed by atoms with E-state index in [1.807, 2.05) is 12.1 Å². The maximum Gasteiger partial charge on any atom is 0.491 e. The fourth-order valence-electron chi connectivity index (χ4n) is 1.58. The number of hydrogen-bond acceptors (Lipinski definition) is 3. The van der Waals surface area contributed by atoms with E-state index in [0.29, 0.717) is 6.61 Å². The smallest absolute Gasteiger partial charge is 0.423 e. The molecule has 0 bridgehead atoms. The summed E-state index contributed by atoms with van der Waals surface area (Å²) in [5.41, 5.74) is 7.58. The highest BCUT2D eigenvalue weighted by molar-refractivity contribution is 6.61. The molecule has 0 radical (unpaired) electrons. The Balaban J connectivity index is 2.30. The van der Waals surface area contributed by atoms with Crippen molar-refractivity contribution in [2.75, 3.05) is 0 Å². The molecule has 1 aliphatic rings. The molecule has 0 spiro atoms. The molecule has 0 atom stereocenters. The molecule has 14 heavy (non-hydrogen) atoms. The molecule has 1 amide bonds. The maximum atomic E-state index is 10.7. The Morgan fingerprint density at radius 1 is 1.64 bits per heavy atom. The van der Waals surface area contributed by atoms with Gasteiger partial charge in [-0.3, -0.25) is 4.79 Å². The molecule has 1 aliphatic heterocycles. The molecule has 0 aliphatic carbocycles. The van der Waals surface area contributed by atoms with Crippen molar-refractivity contribution in [2.45, 2.75) is 13.0 Å². The molecule has 0 aromatic heterocycles. The molecule has 0 saturated carbocycles. The highest BCUT2D eigenvalue weighted by atomic mass is 16.5. The van der Waals surface area contributed by atoms with Gasteiger partial charge in [0.1, 0.15) is 0 Å². The van der Waals surface area contributed by atoms with E-state index < -0.39 is 7.12 Å². The summed E-state index contributed by atoms with van der Waals surface area (Å²) in [6.45, 7) is 0.424. The normalized spacial score (nSPS) is 14.2. The molecule has 72 valence electrons. The molecule has 0 saturated heterocycles. The molecular weight excluding hydrogens is 181 g/mol. The third kappa shape index (κ3) is 1.64. The van der Waals surface area contributed by atoms with Crippen LogP contribution < -0.4 is 11.2 Å². The van der Waals surface area contributed by atoms with Gasteiger partial charge in [-0.1, -0.05) is 18.2 Å². The number of carbonyl (C=O) groups is 1. The summed E-state index contributed by atoms with van der Waals surface area (Å²) in [5, 5.41) is 9.40. The molecule has 1 aromatic rings. The number of fused-ring (bicyclic) bond motifs is 1. The number of carbonyl (C=O) groups excluding carboxylic acids is 1. The second-order valence-corrected chi connectivity index (χ2v) is 3.34. The van der Waals surface area contributed by atoms with E-state index in [-0.39, 0.29) is 12.3 Å². The van der Waals surface area contributed by atoms with Crippen LogP contribution in [0.15, 0.2) is 18.2 Å². The minimum Gasteiger partial charge on any atom is -0.423 e. The second kappa shape index (κ2) is 3.44. The van der Waals surface area contributed by atoms with Crippen molar-refractivity contribution in [1.29, 1.82) is 0 Å². The molecule has 1 heterocycles. The Hall–Kier alpha value is -1.33. The zero-order valence-corrected chi connectivity index (χ0v) is 7.56. The lowest BCUT2D eigenvalue weighted by molar-refractivity contribution is -0.117. The molecule has 0 unspecified atom stereocenters. The van der Waals surface area contributed by atoms with Crippen molar-refractivity contribution in [3.63, 3.8) is 0 Å². The lowest BCUT2D eigenvalue weighted by atomic mass is 9.78. The first-order valence-corrected chi connectivity index (χ1v) is 4.36. The maximum absolute atomic E-state index is 10.7. The molecule has 1 aromatic carbocycles. The van der Waals surface area contributed by atoms with Crippen LogP contribution in [0.2, 0.25) is 0 Å². The van der Waals surface area contributed by atoms with Gasteiger partial charge in [-0.05, 0) is 16.6 Å². The fraction of sp³-hybridized carbons (Fsp3) is 0.222. The van der Waals surface area contributed by atoms with Crippen LogP contribution in [0.25, 0.3) is 0 Å². The number of benzene rings is 1. The Bertz CT molecular complexity index is 380. The Morgan fingerprint density at radius 2 is 2.43 bits per heavy atom. The van der Waals surface area contributed by atoms with Gasteiger partial charge in [-0.2, -0.15) is 0 Å². The Morgan fingerprint density at radius 3 is 3.14 bits per heavy atom. The molecule has 4 nitrogen and oxygen atoms in total. The SMILES string of the molecule is NC(=O)Cc1ccc2c(c1)B(O)OC2. The van der Waals surface area contributed by atoms with Crippen molar-refractivity contribution in [2.24, 2.45) is 5.73 Å². The predicted molar refractivity (Wildman–Crippen MR) is 51.7 cm³/mol. The topological polar surface area (TPSA) is 72.6 Å². The van der Waals surface area contributed by atoms with E-state index in [0.717, 1.165) is 16.6 Å². The van der Waals surface area contributed by atoms with Crippen LogP contribution in [0, 0.1) is 0 Å². The Labute approximate surface area is 81.8 Å². The van der Waals surface area contributed by atoms with Crippen LogP contribution in [-0.4, -0.2) is 18.0 Å². The first-order chi connectivity index (χ1) is 6.66. The third-order valence-electron chi connectivity index (χ3n) is 2.25. The summed E-state index contributed by atoms with van der Waals surface area (Å²) in [7, 11) is -0.863. The van der Waals surface area contributed by atoms with Crippen molar-refractivity contribution in [1.82, 2.24) is 0 Å². The number of primary amides is 1. The van der Waals surface area contributed by atoms with Gasteiger partial charge >= 0.3 is 7.12 Å². The Kier molecular flexibility index (Phi) is 2.27. The van der Waals surface area contributed by atoms with Gasteiger partial charge in [0.15, 0.2) is 0 Å². The van der Waals surface area contributed by atoms with Crippen LogP contribution in [0.5, 0.6) is 0 Å². The van der Waals surface area contributed by atoms with E-state index in [9.17, 15) is 9.82 Å². The average Bonchev–Trinajstić information content (AvgIpc) is 2.47. The van der Waals surface area contributed by atoms with Crippen LogP contribution in [-0.2, 0) is 22.5 Å². The van der Waals surface area contributed by atoms with Gasteiger partial charge in [0.2, 0.25) is 5.91 Å². The van der Waals surface area contributed by atoms with Crippen LogP contribution in [0.4, 0.5) is 0 Å². The fourth-order valence-corrected chi connectivity index (χ4v) is 1.58. The van der Waals surface area contributed by atoms with Gasteiger partial charge < -0.3 is 15.4 Å². The average molecular weight is 191 g/mol. The summed E-state index contributed by atoms with van der Waals surface area (Å²) in [5.74, 6) is -0.377. The molecule has 2 rings (SSSR count). The summed E-state index contributed by atoms with van der Waals surface area (Å²) < 4.78 is 5.02. The van der Waals surface area contributed by atoms with Crippen molar-refractivity contribution in [3.8, 4) is 0 Å². The lowest BCUT2D eigenvalue weighted by Crippen LogP contribution is -2.28. The predicted octanol–water partition coefficient (Wildman–Crippen LogP) is -1.07. The van der Waals surface area contributed by atoms with Crippen molar-refractivity contribution >= 4 is 18.5 Å². The minimum absolute atomic E-state index is 0.194.